The van der Waals surface area contributed by atoms with E-state index >= 15 is 0 Å². The maximum atomic E-state index is 12.4. The van der Waals surface area contributed by atoms with Gasteiger partial charge < -0.3 is 23.7 Å². The van der Waals surface area contributed by atoms with Crippen molar-refractivity contribution in [2.75, 3.05) is 26.0 Å². The predicted molar refractivity (Wildman–Crippen MR) is 84.2 cm³/mol. The van der Waals surface area contributed by atoms with Gasteiger partial charge in [-0.1, -0.05) is 0 Å². The third-order valence-corrected chi connectivity index (χ3v) is 6.50. The zero-order chi connectivity index (χ0) is 18.8. The molecule has 4 heterocycles. The summed E-state index contributed by atoms with van der Waals surface area (Å²) in [4.78, 5) is 11.3. The van der Waals surface area contributed by atoms with E-state index < -0.39 is 45.7 Å². The molecule has 0 aromatic carbocycles. The van der Waals surface area contributed by atoms with E-state index in [1.54, 1.807) is 13.8 Å². The molecule has 4 rings (SSSR count). The van der Waals surface area contributed by atoms with Crippen molar-refractivity contribution < 1.29 is 41.1 Å². The number of nitrogens with one attached hydrogen (secondary N) is 1. The van der Waals surface area contributed by atoms with E-state index in [0.29, 0.717) is 13.0 Å². The summed E-state index contributed by atoms with van der Waals surface area (Å²) in [5.41, 5.74) is -2.69. The fourth-order valence-electron chi connectivity index (χ4n) is 4.24. The van der Waals surface area contributed by atoms with Gasteiger partial charge in [-0.3, -0.25) is 14.3 Å². The molecule has 0 saturated carbocycles. The molecule has 4 aliphatic heterocycles. The maximum absolute atomic E-state index is 12.4. The molecule has 0 radical (unpaired) electrons. The van der Waals surface area contributed by atoms with E-state index in [4.69, 9.17) is 23.1 Å². The molecule has 1 N–H and O–H groups in total. The van der Waals surface area contributed by atoms with Crippen molar-refractivity contribution in [3.63, 3.8) is 0 Å². The zero-order valence-corrected chi connectivity index (χ0v) is 15.7. The van der Waals surface area contributed by atoms with Gasteiger partial charge in [-0.25, -0.2) is 0 Å². The van der Waals surface area contributed by atoms with Crippen LogP contribution in [0.2, 0.25) is 0 Å². The molecule has 0 amide bonds. The second-order valence-corrected chi connectivity index (χ2v) is 8.93. The normalized spacial score (nSPS) is 44.5. The molecule has 0 aromatic heterocycles. The number of hydrogen-bond donors (Lipinski definition) is 1. The average molecular weight is 393 g/mol. The summed E-state index contributed by atoms with van der Waals surface area (Å²) in [5, 5.41) is 3.12. The van der Waals surface area contributed by atoms with Crippen LogP contribution >= 0.6 is 0 Å². The molecule has 4 fully saturated rings. The highest BCUT2D eigenvalue weighted by atomic mass is 32.2. The van der Waals surface area contributed by atoms with E-state index in [9.17, 15) is 13.2 Å². The maximum Gasteiger partial charge on any atom is 0.305 e. The first-order valence-electron chi connectivity index (χ1n) is 8.53. The van der Waals surface area contributed by atoms with Crippen LogP contribution in [0.15, 0.2) is 0 Å². The van der Waals surface area contributed by atoms with Gasteiger partial charge in [-0.2, -0.15) is 8.42 Å². The van der Waals surface area contributed by atoms with E-state index in [-0.39, 0.29) is 24.7 Å². The third kappa shape index (κ3) is 2.60. The molecule has 26 heavy (non-hydrogen) atoms. The Labute approximate surface area is 151 Å². The number of esters is 1. The molecular weight excluding hydrogens is 370 g/mol. The van der Waals surface area contributed by atoms with Gasteiger partial charge >= 0.3 is 5.97 Å². The van der Waals surface area contributed by atoms with Gasteiger partial charge in [0.05, 0.1) is 7.11 Å². The molecule has 0 bridgehead atoms. The van der Waals surface area contributed by atoms with E-state index in [2.05, 4.69) is 10.1 Å². The van der Waals surface area contributed by atoms with E-state index in [1.807, 2.05) is 0 Å². The van der Waals surface area contributed by atoms with Crippen LogP contribution in [0.25, 0.3) is 0 Å². The first-order chi connectivity index (χ1) is 12.1. The molecule has 1 spiro atoms. The van der Waals surface area contributed by atoms with Crippen molar-refractivity contribution in [3.8, 4) is 0 Å². The summed E-state index contributed by atoms with van der Waals surface area (Å²) in [6.07, 6.45) is -1.52. The van der Waals surface area contributed by atoms with Gasteiger partial charge in [-0.05, 0) is 20.3 Å². The molecular formula is C15H23NO9S. The van der Waals surface area contributed by atoms with Crippen molar-refractivity contribution in [3.05, 3.63) is 0 Å². The van der Waals surface area contributed by atoms with Crippen LogP contribution in [0.4, 0.5) is 0 Å². The Kier molecular flexibility index (Phi) is 4.16. The van der Waals surface area contributed by atoms with Gasteiger partial charge in [-0.15, -0.1) is 0 Å². The summed E-state index contributed by atoms with van der Waals surface area (Å²) in [7, 11) is -2.54. The summed E-state index contributed by atoms with van der Waals surface area (Å²) in [5.74, 6) is -1.65. The molecule has 11 heteroatoms. The van der Waals surface area contributed by atoms with Crippen LogP contribution in [-0.2, 0) is 42.8 Å². The quantitative estimate of drug-likeness (QED) is 0.362. The van der Waals surface area contributed by atoms with Crippen LogP contribution in [0.5, 0.6) is 0 Å². The molecule has 148 valence electrons. The summed E-state index contributed by atoms with van der Waals surface area (Å²) < 4.78 is 58.4. The highest BCUT2D eigenvalue weighted by molar-refractivity contribution is 7.87. The number of rotatable bonds is 5. The Hall–Kier alpha value is -0.820. The number of carbonyl (C=O) groups is 1. The smallest absolute Gasteiger partial charge is 0.305 e. The Morgan fingerprint density at radius 2 is 2.08 bits per heavy atom. The molecule has 0 aliphatic carbocycles. The lowest BCUT2D eigenvalue weighted by atomic mass is 9.86. The monoisotopic (exact) mass is 393 g/mol. The highest BCUT2D eigenvalue weighted by Crippen LogP contribution is 2.56. The van der Waals surface area contributed by atoms with Crippen molar-refractivity contribution in [1.82, 2.24) is 5.32 Å². The highest BCUT2D eigenvalue weighted by Gasteiger charge is 2.81. The summed E-state index contributed by atoms with van der Waals surface area (Å²) in [6.45, 7) is 3.94. The fourth-order valence-corrected chi connectivity index (χ4v) is 5.97. The second-order valence-electron chi connectivity index (χ2n) is 7.36. The van der Waals surface area contributed by atoms with Crippen LogP contribution < -0.4 is 5.32 Å². The lowest BCUT2D eigenvalue weighted by molar-refractivity contribution is -0.236. The molecule has 4 aliphatic rings. The molecule has 0 unspecified atom stereocenters. The Morgan fingerprint density at radius 1 is 1.31 bits per heavy atom. The van der Waals surface area contributed by atoms with Crippen LogP contribution in [0.1, 0.15) is 26.7 Å². The average Bonchev–Trinajstić information content (AvgIpc) is 3.15. The number of methoxy groups -OCH3 is 1. The fraction of sp³-hybridized carbons (Fsp3) is 0.933. The minimum atomic E-state index is -3.86. The Bertz CT molecular complexity index is 710. The van der Waals surface area contributed by atoms with Crippen molar-refractivity contribution in [2.45, 2.75) is 62.3 Å². The molecule has 0 aromatic rings. The summed E-state index contributed by atoms with van der Waals surface area (Å²) >= 11 is 0. The van der Waals surface area contributed by atoms with Crippen molar-refractivity contribution in [2.24, 2.45) is 0 Å². The molecule has 5 atom stereocenters. The SMILES string of the molecule is COC(=O)CCCO[C@]12CS(=O)(=O)O[C@@]13[C@@H](CN2)O[C@@H]1OC(C)(C)O[C@@H]13. The minimum Gasteiger partial charge on any atom is -0.469 e. The Morgan fingerprint density at radius 3 is 2.81 bits per heavy atom. The first-order valence-corrected chi connectivity index (χ1v) is 10.1. The van der Waals surface area contributed by atoms with Gasteiger partial charge in [0.2, 0.25) is 0 Å². The van der Waals surface area contributed by atoms with Gasteiger partial charge in [0.15, 0.2) is 23.4 Å². The van der Waals surface area contributed by atoms with Crippen LogP contribution in [0, 0.1) is 0 Å². The topological polar surface area (TPSA) is 119 Å². The number of carbonyl (C=O) groups excluding carboxylic acids is 1. The van der Waals surface area contributed by atoms with Crippen molar-refractivity contribution >= 4 is 16.1 Å². The summed E-state index contributed by atoms with van der Waals surface area (Å²) in [6, 6.07) is 0. The standard InChI is InChI=1S/C15H23NO9S/c1-13(2)23-11-12(24-13)22-9-7-16-14(21-6-4-5-10(17)20-3)8-26(18,19)25-15(9,11)14/h9,11-12,16H,4-8H2,1-3H3/t9-,11+,12-,14-,15-/m1/s1. The molecule has 4 saturated heterocycles. The second kappa shape index (κ2) is 5.84. The number of hydrogen-bond acceptors (Lipinski definition) is 10. The van der Waals surface area contributed by atoms with Crippen LogP contribution in [-0.4, -0.2) is 76.0 Å². The largest absolute Gasteiger partial charge is 0.469 e. The zero-order valence-electron chi connectivity index (χ0n) is 14.9. The minimum absolute atomic E-state index is 0.150. The predicted octanol–water partition coefficient (Wildman–Crippen LogP) is -0.769. The van der Waals surface area contributed by atoms with Crippen molar-refractivity contribution in [1.29, 1.82) is 0 Å². The lowest BCUT2D eigenvalue weighted by Gasteiger charge is -2.38. The first kappa shape index (κ1) is 18.5. The van der Waals surface area contributed by atoms with Gasteiger partial charge in [0.1, 0.15) is 18.0 Å². The number of fused-ring (bicyclic) bond motifs is 1. The Balaban J connectivity index is 1.59. The van der Waals surface area contributed by atoms with Gasteiger partial charge in [0.25, 0.3) is 10.1 Å². The third-order valence-electron chi connectivity index (χ3n) is 5.21. The van der Waals surface area contributed by atoms with E-state index in [1.165, 1.54) is 7.11 Å². The van der Waals surface area contributed by atoms with E-state index in [0.717, 1.165) is 0 Å². The van der Waals surface area contributed by atoms with Crippen LogP contribution in [0.3, 0.4) is 0 Å². The lowest BCUT2D eigenvalue weighted by Crippen LogP contribution is -2.64. The number of ether oxygens (including phenoxy) is 5. The molecule has 10 nitrogen and oxygen atoms in total. The van der Waals surface area contributed by atoms with Gasteiger partial charge in [0, 0.05) is 19.6 Å².